The van der Waals surface area contributed by atoms with E-state index >= 15 is 0 Å². The molecule has 18 heavy (non-hydrogen) atoms. The summed E-state index contributed by atoms with van der Waals surface area (Å²) in [7, 11) is 1.74. The molecule has 1 aromatic heterocycles. The van der Waals surface area contributed by atoms with Crippen LogP contribution >= 0.6 is 11.6 Å². The van der Waals surface area contributed by atoms with Crippen molar-refractivity contribution >= 4 is 17.4 Å². The van der Waals surface area contributed by atoms with Gasteiger partial charge in [0.15, 0.2) is 0 Å². The standard InChI is InChI=1S/C13H18ClFN2O/c1-18-9-10-2-4-17(5-3-10)13-11(7-14)6-12(15)8-16-13/h6,8,10H,2-5,7,9H2,1H3. The molecule has 3 nitrogen and oxygen atoms in total. The van der Waals surface area contributed by atoms with E-state index in [9.17, 15) is 4.39 Å². The summed E-state index contributed by atoms with van der Waals surface area (Å²) in [5.74, 6) is 1.40. The Labute approximate surface area is 112 Å². The second-order valence-corrected chi connectivity index (χ2v) is 4.92. The zero-order chi connectivity index (χ0) is 13.0. The summed E-state index contributed by atoms with van der Waals surface area (Å²) in [5, 5.41) is 0. The minimum absolute atomic E-state index is 0.290. The van der Waals surface area contributed by atoms with Gasteiger partial charge in [-0.05, 0) is 24.8 Å². The van der Waals surface area contributed by atoms with Gasteiger partial charge < -0.3 is 9.64 Å². The fourth-order valence-electron chi connectivity index (χ4n) is 2.40. The molecule has 1 saturated heterocycles. The third-order valence-electron chi connectivity index (χ3n) is 3.37. The normalized spacial score (nSPS) is 17.2. The maximum absolute atomic E-state index is 13.1. The maximum Gasteiger partial charge on any atom is 0.141 e. The number of anilines is 1. The molecule has 0 bridgehead atoms. The van der Waals surface area contributed by atoms with Gasteiger partial charge >= 0.3 is 0 Å². The highest BCUT2D eigenvalue weighted by Gasteiger charge is 2.21. The number of aromatic nitrogens is 1. The number of ether oxygens (including phenoxy) is 1. The van der Waals surface area contributed by atoms with Crippen molar-refractivity contribution in [1.29, 1.82) is 0 Å². The second-order valence-electron chi connectivity index (χ2n) is 4.66. The van der Waals surface area contributed by atoms with Crippen molar-refractivity contribution in [3.8, 4) is 0 Å². The highest BCUT2D eigenvalue weighted by molar-refractivity contribution is 6.17. The number of nitrogens with zero attached hydrogens (tertiary/aromatic N) is 2. The number of rotatable bonds is 4. The van der Waals surface area contributed by atoms with Gasteiger partial charge in [-0.2, -0.15) is 0 Å². The van der Waals surface area contributed by atoms with E-state index in [0.29, 0.717) is 5.92 Å². The van der Waals surface area contributed by atoms with Crippen molar-refractivity contribution in [1.82, 2.24) is 4.98 Å². The number of hydrogen-bond acceptors (Lipinski definition) is 3. The van der Waals surface area contributed by atoms with Gasteiger partial charge in [-0.25, -0.2) is 9.37 Å². The van der Waals surface area contributed by atoms with Crippen LogP contribution in [-0.2, 0) is 10.6 Å². The van der Waals surface area contributed by atoms with Crippen molar-refractivity contribution < 1.29 is 9.13 Å². The molecular formula is C13H18ClFN2O. The predicted octanol–water partition coefficient (Wildman–Crippen LogP) is 2.82. The summed E-state index contributed by atoms with van der Waals surface area (Å²) in [5.41, 5.74) is 0.766. The lowest BCUT2D eigenvalue weighted by Gasteiger charge is -2.33. The van der Waals surface area contributed by atoms with Crippen LogP contribution in [0.25, 0.3) is 0 Å². The average molecular weight is 273 g/mol. The molecule has 0 radical (unpaired) electrons. The largest absolute Gasteiger partial charge is 0.384 e. The Morgan fingerprint density at radius 1 is 1.50 bits per heavy atom. The Hall–Kier alpha value is -0.870. The summed E-state index contributed by atoms with van der Waals surface area (Å²) in [4.78, 5) is 6.36. The molecular weight excluding hydrogens is 255 g/mol. The van der Waals surface area contributed by atoms with E-state index in [0.717, 1.165) is 43.9 Å². The SMILES string of the molecule is COCC1CCN(c2ncc(F)cc2CCl)CC1. The van der Waals surface area contributed by atoms with E-state index in [1.807, 2.05) is 0 Å². The topological polar surface area (TPSA) is 25.4 Å². The molecule has 0 amide bonds. The summed E-state index contributed by atoms with van der Waals surface area (Å²) in [6.07, 6.45) is 3.41. The summed E-state index contributed by atoms with van der Waals surface area (Å²) in [6.45, 7) is 2.67. The summed E-state index contributed by atoms with van der Waals surface area (Å²) in [6, 6.07) is 1.47. The highest BCUT2D eigenvalue weighted by Crippen LogP contribution is 2.26. The Morgan fingerprint density at radius 3 is 2.83 bits per heavy atom. The van der Waals surface area contributed by atoms with Crippen LogP contribution in [0.2, 0.25) is 0 Å². The predicted molar refractivity (Wildman–Crippen MR) is 70.6 cm³/mol. The smallest absolute Gasteiger partial charge is 0.141 e. The van der Waals surface area contributed by atoms with Gasteiger partial charge in [0.1, 0.15) is 11.6 Å². The van der Waals surface area contributed by atoms with Crippen LogP contribution in [0.5, 0.6) is 0 Å². The van der Waals surface area contributed by atoms with Gasteiger partial charge in [0.05, 0.1) is 12.1 Å². The molecule has 0 spiro atoms. The van der Waals surface area contributed by atoms with Crippen LogP contribution in [0.1, 0.15) is 18.4 Å². The van der Waals surface area contributed by atoms with Crippen LogP contribution in [0.4, 0.5) is 10.2 Å². The lowest BCUT2D eigenvalue weighted by Crippen LogP contribution is -2.36. The monoisotopic (exact) mass is 272 g/mol. The van der Waals surface area contributed by atoms with Crippen molar-refractivity contribution in [2.45, 2.75) is 18.7 Å². The van der Waals surface area contributed by atoms with E-state index in [1.54, 1.807) is 7.11 Å². The molecule has 1 aliphatic rings. The molecule has 100 valence electrons. The van der Waals surface area contributed by atoms with Crippen LogP contribution in [-0.4, -0.2) is 31.8 Å². The Bertz CT molecular complexity index is 395. The number of halogens is 2. The molecule has 2 heterocycles. The molecule has 0 aromatic carbocycles. The van der Waals surface area contributed by atoms with E-state index in [4.69, 9.17) is 16.3 Å². The second kappa shape index (κ2) is 6.34. The van der Waals surface area contributed by atoms with E-state index in [-0.39, 0.29) is 11.7 Å². The van der Waals surface area contributed by atoms with Crippen LogP contribution < -0.4 is 4.90 Å². The van der Waals surface area contributed by atoms with Crippen LogP contribution in [0.3, 0.4) is 0 Å². The van der Waals surface area contributed by atoms with Gasteiger partial charge in [-0.15, -0.1) is 11.6 Å². The Balaban J connectivity index is 2.05. The number of pyridine rings is 1. The minimum atomic E-state index is -0.330. The number of hydrogen-bond donors (Lipinski definition) is 0. The maximum atomic E-state index is 13.1. The van der Waals surface area contributed by atoms with E-state index in [1.165, 1.54) is 12.3 Å². The van der Waals surface area contributed by atoms with Gasteiger partial charge in [0.2, 0.25) is 0 Å². The molecule has 1 fully saturated rings. The van der Waals surface area contributed by atoms with Crippen molar-refractivity contribution in [2.24, 2.45) is 5.92 Å². The molecule has 5 heteroatoms. The first-order valence-corrected chi connectivity index (χ1v) is 6.72. The van der Waals surface area contributed by atoms with Gasteiger partial charge in [-0.3, -0.25) is 0 Å². The first-order valence-electron chi connectivity index (χ1n) is 6.19. The molecule has 0 saturated carbocycles. The molecule has 0 N–H and O–H groups in total. The third kappa shape index (κ3) is 3.12. The molecule has 0 atom stereocenters. The van der Waals surface area contributed by atoms with Gasteiger partial charge in [0.25, 0.3) is 0 Å². The van der Waals surface area contributed by atoms with Crippen molar-refractivity contribution in [3.63, 3.8) is 0 Å². The van der Waals surface area contributed by atoms with Crippen molar-refractivity contribution in [3.05, 3.63) is 23.6 Å². The Kier molecular flexibility index (Phi) is 4.78. The van der Waals surface area contributed by atoms with Crippen molar-refractivity contribution in [2.75, 3.05) is 31.7 Å². The molecule has 0 aliphatic carbocycles. The number of piperidine rings is 1. The quantitative estimate of drug-likeness (QED) is 0.788. The lowest BCUT2D eigenvalue weighted by molar-refractivity contribution is 0.139. The average Bonchev–Trinajstić information content (AvgIpc) is 2.40. The molecule has 1 aromatic rings. The molecule has 2 rings (SSSR count). The first kappa shape index (κ1) is 13.6. The van der Waals surface area contributed by atoms with Crippen LogP contribution in [0.15, 0.2) is 12.3 Å². The Morgan fingerprint density at radius 2 is 2.22 bits per heavy atom. The number of alkyl halides is 1. The number of methoxy groups -OCH3 is 1. The zero-order valence-corrected chi connectivity index (χ0v) is 11.3. The highest BCUT2D eigenvalue weighted by atomic mass is 35.5. The first-order chi connectivity index (χ1) is 8.74. The van der Waals surface area contributed by atoms with Crippen LogP contribution in [0, 0.1) is 11.7 Å². The minimum Gasteiger partial charge on any atom is -0.384 e. The third-order valence-corrected chi connectivity index (χ3v) is 3.66. The van der Waals surface area contributed by atoms with E-state index in [2.05, 4.69) is 9.88 Å². The zero-order valence-electron chi connectivity index (χ0n) is 10.5. The molecule has 1 aliphatic heterocycles. The molecule has 0 unspecified atom stereocenters. The fourth-order valence-corrected chi connectivity index (χ4v) is 2.60. The van der Waals surface area contributed by atoms with E-state index < -0.39 is 0 Å². The summed E-state index contributed by atoms with van der Waals surface area (Å²) >= 11 is 5.85. The lowest BCUT2D eigenvalue weighted by atomic mass is 9.97. The van der Waals surface area contributed by atoms with Gasteiger partial charge in [0, 0.05) is 32.4 Å². The fraction of sp³-hybridized carbons (Fsp3) is 0.615. The van der Waals surface area contributed by atoms with Gasteiger partial charge in [-0.1, -0.05) is 0 Å². The summed E-state index contributed by atoms with van der Waals surface area (Å²) < 4.78 is 18.3.